The highest BCUT2D eigenvalue weighted by Crippen LogP contribution is 2.15. The van der Waals surface area contributed by atoms with Gasteiger partial charge < -0.3 is 4.74 Å². The Morgan fingerprint density at radius 1 is 1.00 bits per heavy atom. The minimum atomic E-state index is 0.639. The fraction of sp³-hybridized carbons (Fsp3) is 0.650. The van der Waals surface area contributed by atoms with Gasteiger partial charge in [-0.25, -0.2) is 0 Å². The van der Waals surface area contributed by atoms with E-state index in [1.54, 1.807) is 0 Å². The van der Waals surface area contributed by atoms with E-state index in [4.69, 9.17) is 10.00 Å². The zero-order valence-corrected chi connectivity index (χ0v) is 15.0. The number of benzene rings is 1. The highest BCUT2D eigenvalue weighted by molar-refractivity contribution is 5.27. The van der Waals surface area contributed by atoms with Crippen LogP contribution in [0.15, 0.2) is 24.3 Å². The summed E-state index contributed by atoms with van der Waals surface area (Å²) >= 11 is 0. The van der Waals surface area contributed by atoms with E-state index < -0.39 is 0 Å². The Labute approximate surface area is 147 Å². The number of ether oxygens (including phenoxy) is 1. The van der Waals surface area contributed by atoms with Crippen LogP contribution < -0.4 is 4.74 Å². The fourth-order valence-electron chi connectivity index (χ4n) is 3.05. The molecule has 0 radical (unpaired) electrons. The van der Waals surface area contributed by atoms with Gasteiger partial charge in [0.25, 0.3) is 0 Å². The second-order valence-electron chi connectivity index (χ2n) is 6.58. The van der Waals surface area contributed by atoms with Crippen LogP contribution in [0.4, 0.5) is 0 Å². The van der Waals surface area contributed by atoms with Gasteiger partial charge >= 0.3 is 0 Å². The zero-order chi connectivity index (χ0) is 17.0. The first kappa shape index (κ1) is 18.8. The minimum Gasteiger partial charge on any atom is -0.494 e. The van der Waals surface area contributed by atoms with Crippen LogP contribution in [-0.2, 0) is 6.54 Å². The van der Waals surface area contributed by atoms with E-state index in [2.05, 4.69) is 47.1 Å². The Hall–Kier alpha value is -1.57. The Kier molecular flexibility index (Phi) is 8.65. The molecular formula is C20H31N3O. The topological polar surface area (TPSA) is 39.5 Å². The van der Waals surface area contributed by atoms with Gasteiger partial charge in [0.1, 0.15) is 5.75 Å². The summed E-state index contributed by atoms with van der Waals surface area (Å²) in [7, 11) is 0. The summed E-state index contributed by atoms with van der Waals surface area (Å²) in [6, 6.07) is 10.8. The lowest BCUT2D eigenvalue weighted by Crippen LogP contribution is -2.46. The number of unbranched alkanes of at least 4 members (excludes halogenated alkanes) is 3. The second kappa shape index (κ2) is 11.1. The maximum absolute atomic E-state index is 8.66. The first-order valence-corrected chi connectivity index (χ1v) is 9.35. The summed E-state index contributed by atoms with van der Waals surface area (Å²) in [5, 5.41) is 8.66. The van der Waals surface area contributed by atoms with Gasteiger partial charge in [0, 0.05) is 45.7 Å². The van der Waals surface area contributed by atoms with Crippen molar-refractivity contribution >= 4 is 0 Å². The number of nitrogens with zero attached hydrogens (tertiary/aromatic N) is 3. The average Bonchev–Trinajstić information content (AvgIpc) is 2.62. The Morgan fingerprint density at radius 2 is 1.71 bits per heavy atom. The SMILES string of the molecule is CCCCCCOc1ccc(CN2CCN(CCC#N)CC2)cc1. The van der Waals surface area contributed by atoms with Crippen molar-refractivity contribution in [3.05, 3.63) is 29.8 Å². The molecule has 1 aliphatic heterocycles. The number of rotatable bonds is 10. The molecule has 0 N–H and O–H groups in total. The van der Waals surface area contributed by atoms with E-state index in [0.29, 0.717) is 6.42 Å². The smallest absolute Gasteiger partial charge is 0.119 e. The van der Waals surface area contributed by atoms with Gasteiger partial charge in [-0.1, -0.05) is 38.3 Å². The summed E-state index contributed by atoms with van der Waals surface area (Å²) in [6.45, 7) is 9.27. The lowest BCUT2D eigenvalue weighted by molar-refractivity contribution is 0.129. The molecule has 0 aromatic heterocycles. The molecule has 1 saturated heterocycles. The molecule has 0 bridgehead atoms. The van der Waals surface area contributed by atoms with Crippen LogP contribution in [0.2, 0.25) is 0 Å². The van der Waals surface area contributed by atoms with Crippen LogP contribution in [0.5, 0.6) is 5.75 Å². The van der Waals surface area contributed by atoms with Crippen molar-refractivity contribution in [3.63, 3.8) is 0 Å². The summed E-state index contributed by atoms with van der Waals surface area (Å²) in [5.41, 5.74) is 1.35. The van der Waals surface area contributed by atoms with Crippen LogP contribution >= 0.6 is 0 Å². The maximum atomic E-state index is 8.66. The molecule has 1 aromatic rings. The standard InChI is InChI=1S/C20H31N3O/c1-2-3-4-5-17-24-20-9-7-19(8-10-20)18-23-15-13-22(14-16-23)12-6-11-21/h7-10H,2-6,12-18H2,1H3. The van der Waals surface area contributed by atoms with Gasteiger partial charge in [0.15, 0.2) is 0 Å². The predicted molar refractivity (Wildman–Crippen MR) is 98.0 cm³/mol. The predicted octanol–water partition coefficient (Wildman–Crippen LogP) is 3.68. The number of hydrogen-bond donors (Lipinski definition) is 0. The molecule has 1 heterocycles. The first-order chi connectivity index (χ1) is 11.8. The van der Waals surface area contributed by atoms with Crippen molar-refractivity contribution in [2.45, 2.75) is 45.6 Å². The minimum absolute atomic E-state index is 0.639. The van der Waals surface area contributed by atoms with Crippen LogP contribution in [-0.4, -0.2) is 49.1 Å². The first-order valence-electron chi connectivity index (χ1n) is 9.35. The largest absolute Gasteiger partial charge is 0.494 e. The fourth-order valence-corrected chi connectivity index (χ4v) is 3.05. The number of hydrogen-bond acceptors (Lipinski definition) is 4. The van der Waals surface area contributed by atoms with Crippen molar-refractivity contribution in [2.24, 2.45) is 0 Å². The quantitative estimate of drug-likeness (QED) is 0.614. The van der Waals surface area contributed by atoms with E-state index >= 15 is 0 Å². The highest BCUT2D eigenvalue weighted by atomic mass is 16.5. The van der Waals surface area contributed by atoms with Gasteiger partial charge in [-0.15, -0.1) is 0 Å². The normalized spacial score (nSPS) is 16.0. The lowest BCUT2D eigenvalue weighted by Gasteiger charge is -2.34. The summed E-state index contributed by atoms with van der Waals surface area (Å²) in [6.07, 6.45) is 5.61. The molecule has 1 fully saturated rings. The van der Waals surface area contributed by atoms with E-state index in [0.717, 1.165) is 58.0 Å². The molecular weight excluding hydrogens is 298 g/mol. The molecule has 1 aliphatic rings. The summed E-state index contributed by atoms with van der Waals surface area (Å²) in [4.78, 5) is 4.87. The molecule has 0 unspecified atom stereocenters. The summed E-state index contributed by atoms with van der Waals surface area (Å²) < 4.78 is 5.80. The second-order valence-corrected chi connectivity index (χ2v) is 6.58. The molecule has 132 valence electrons. The molecule has 24 heavy (non-hydrogen) atoms. The third-order valence-corrected chi connectivity index (χ3v) is 4.60. The molecule has 0 amide bonds. The van der Waals surface area contributed by atoms with Crippen molar-refractivity contribution in [3.8, 4) is 11.8 Å². The summed E-state index contributed by atoms with van der Waals surface area (Å²) in [5.74, 6) is 0.983. The Morgan fingerprint density at radius 3 is 2.38 bits per heavy atom. The maximum Gasteiger partial charge on any atom is 0.119 e. The molecule has 0 atom stereocenters. The molecule has 0 aliphatic carbocycles. The molecule has 0 saturated carbocycles. The van der Waals surface area contributed by atoms with Crippen molar-refractivity contribution < 1.29 is 4.74 Å². The molecule has 1 aromatic carbocycles. The van der Waals surface area contributed by atoms with E-state index in [1.165, 1.54) is 24.8 Å². The third-order valence-electron chi connectivity index (χ3n) is 4.60. The highest BCUT2D eigenvalue weighted by Gasteiger charge is 2.16. The van der Waals surface area contributed by atoms with E-state index in [9.17, 15) is 0 Å². The Balaban J connectivity index is 1.66. The molecule has 2 rings (SSSR count). The van der Waals surface area contributed by atoms with Gasteiger partial charge in [-0.2, -0.15) is 5.26 Å². The van der Waals surface area contributed by atoms with Gasteiger partial charge in [0.2, 0.25) is 0 Å². The van der Waals surface area contributed by atoms with Crippen molar-refractivity contribution in [1.82, 2.24) is 9.80 Å². The number of piperazine rings is 1. The zero-order valence-electron chi connectivity index (χ0n) is 15.0. The third kappa shape index (κ3) is 6.90. The van der Waals surface area contributed by atoms with E-state index in [1.807, 2.05) is 0 Å². The number of nitriles is 1. The van der Waals surface area contributed by atoms with Gasteiger partial charge in [-0.3, -0.25) is 9.80 Å². The molecule has 4 heteroatoms. The molecule has 0 spiro atoms. The van der Waals surface area contributed by atoms with Crippen molar-refractivity contribution in [2.75, 3.05) is 39.3 Å². The van der Waals surface area contributed by atoms with Gasteiger partial charge in [-0.05, 0) is 24.1 Å². The monoisotopic (exact) mass is 329 g/mol. The molecule has 4 nitrogen and oxygen atoms in total. The lowest BCUT2D eigenvalue weighted by atomic mass is 10.2. The van der Waals surface area contributed by atoms with Crippen LogP contribution in [0, 0.1) is 11.3 Å². The van der Waals surface area contributed by atoms with Crippen LogP contribution in [0.1, 0.15) is 44.6 Å². The average molecular weight is 329 g/mol. The Bertz CT molecular complexity index is 487. The van der Waals surface area contributed by atoms with Crippen LogP contribution in [0.3, 0.4) is 0 Å². The van der Waals surface area contributed by atoms with E-state index in [-0.39, 0.29) is 0 Å². The van der Waals surface area contributed by atoms with Crippen molar-refractivity contribution in [1.29, 1.82) is 5.26 Å². The van der Waals surface area contributed by atoms with Gasteiger partial charge in [0.05, 0.1) is 12.7 Å². The van der Waals surface area contributed by atoms with Crippen LogP contribution in [0.25, 0.3) is 0 Å².